The summed E-state index contributed by atoms with van der Waals surface area (Å²) in [4.78, 5) is 0. The Morgan fingerprint density at radius 1 is 1.00 bits per heavy atom. The fraction of sp³-hybridized carbons (Fsp3) is 0.412. The van der Waals surface area contributed by atoms with E-state index in [0.29, 0.717) is 5.92 Å². The maximum Gasteiger partial charge on any atom is 0.00645 e. The molecule has 1 heteroatoms. The molecule has 18 heavy (non-hydrogen) atoms. The van der Waals surface area contributed by atoms with Crippen molar-refractivity contribution >= 4 is 33.4 Å². The average molecular weight is 352 g/mol. The third kappa shape index (κ3) is 2.87. The number of aryl methyl sites for hydroxylation is 1. The van der Waals surface area contributed by atoms with Gasteiger partial charge in [-0.25, -0.2) is 0 Å². The van der Waals surface area contributed by atoms with Crippen LogP contribution in [0.25, 0.3) is 10.8 Å². The number of benzene rings is 2. The molecule has 0 saturated heterocycles. The highest BCUT2D eigenvalue weighted by Gasteiger charge is 2.15. The highest BCUT2D eigenvalue weighted by atomic mass is 127. The third-order valence-electron chi connectivity index (χ3n) is 3.56. The van der Waals surface area contributed by atoms with Crippen molar-refractivity contribution in [2.75, 3.05) is 4.43 Å². The standard InChI is InChI=1S/C17H21I/c1-12(2)10-14(11-18)16-9-8-13(3)15-6-4-5-7-17(15)16/h4-9,12,14H,10-11H2,1-3H3. The first-order valence-corrected chi connectivity index (χ1v) is 8.20. The average Bonchev–Trinajstić information content (AvgIpc) is 2.37. The monoisotopic (exact) mass is 352 g/mol. The van der Waals surface area contributed by atoms with E-state index >= 15 is 0 Å². The van der Waals surface area contributed by atoms with Gasteiger partial charge in [-0.15, -0.1) is 0 Å². The van der Waals surface area contributed by atoms with Crippen molar-refractivity contribution in [2.24, 2.45) is 5.92 Å². The van der Waals surface area contributed by atoms with Gasteiger partial charge in [0.25, 0.3) is 0 Å². The second-order valence-corrected chi connectivity index (χ2v) is 6.38. The van der Waals surface area contributed by atoms with Crippen molar-refractivity contribution in [1.82, 2.24) is 0 Å². The molecule has 0 saturated carbocycles. The minimum absolute atomic E-state index is 0.677. The van der Waals surface area contributed by atoms with Crippen molar-refractivity contribution in [3.8, 4) is 0 Å². The fourth-order valence-electron chi connectivity index (χ4n) is 2.67. The molecule has 2 aromatic rings. The zero-order chi connectivity index (χ0) is 13.1. The van der Waals surface area contributed by atoms with Gasteiger partial charge in [0, 0.05) is 4.43 Å². The molecule has 0 radical (unpaired) electrons. The van der Waals surface area contributed by atoms with E-state index in [4.69, 9.17) is 0 Å². The zero-order valence-corrected chi connectivity index (χ0v) is 13.6. The van der Waals surface area contributed by atoms with E-state index in [1.807, 2.05) is 0 Å². The van der Waals surface area contributed by atoms with Crippen molar-refractivity contribution in [1.29, 1.82) is 0 Å². The molecule has 0 amide bonds. The Morgan fingerprint density at radius 2 is 1.67 bits per heavy atom. The van der Waals surface area contributed by atoms with Gasteiger partial charge < -0.3 is 0 Å². The lowest BCUT2D eigenvalue weighted by Gasteiger charge is -2.19. The molecule has 0 aliphatic heterocycles. The first kappa shape index (κ1) is 13.9. The summed E-state index contributed by atoms with van der Waals surface area (Å²) in [6.07, 6.45) is 1.27. The van der Waals surface area contributed by atoms with Crippen LogP contribution in [-0.2, 0) is 0 Å². The zero-order valence-electron chi connectivity index (χ0n) is 11.4. The second kappa shape index (κ2) is 6.05. The highest BCUT2D eigenvalue weighted by Crippen LogP contribution is 2.32. The van der Waals surface area contributed by atoms with Gasteiger partial charge in [-0.3, -0.25) is 0 Å². The van der Waals surface area contributed by atoms with Gasteiger partial charge in [-0.1, -0.05) is 72.8 Å². The predicted octanol–water partition coefficient (Wildman–Crippen LogP) is 5.71. The Balaban J connectivity index is 2.53. The van der Waals surface area contributed by atoms with Gasteiger partial charge in [0.05, 0.1) is 0 Å². The van der Waals surface area contributed by atoms with Crippen molar-refractivity contribution < 1.29 is 0 Å². The normalized spacial score (nSPS) is 13.2. The van der Waals surface area contributed by atoms with E-state index in [9.17, 15) is 0 Å². The maximum atomic E-state index is 2.53. The first-order valence-electron chi connectivity index (χ1n) is 6.67. The van der Waals surface area contributed by atoms with Crippen LogP contribution in [0.15, 0.2) is 36.4 Å². The minimum atomic E-state index is 0.677. The van der Waals surface area contributed by atoms with Crippen LogP contribution in [0.3, 0.4) is 0 Å². The molecule has 2 rings (SSSR count). The van der Waals surface area contributed by atoms with Gasteiger partial charge in [0.1, 0.15) is 0 Å². The van der Waals surface area contributed by atoms with E-state index in [1.54, 1.807) is 0 Å². The number of hydrogen-bond acceptors (Lipinski definition) is 0. The summed E-state index contributed by atoms with van der Waals surface area (Å²) in [7, 11) is 0. The Labute approximate surface area is 124 Å². The quantitative estimate of drug-likeness (QED) is 0.488. The van der Waals surface area contributed by atoms with Crippen LogP contribution in [-0.4, -0.2) is 4.43 Å². The van der Waals surface area contributed by atoms with Crippen LogP contribution >= 0.6 is 22.6 Å². The molecular weight excluding hydrogens is 331 g/mol. The molecule has 1 unspecified atom stereocenters. The maximum absolute atomic E-state index is 2.53. The predicted molar refractivity (Wildman–Crippen MR) is 89.8 cm³/mol. The number of alkyl halides is 1. The van der Waals surface area contributed by atoms with E-state index in [2.05, 4.69) is 79.8 Å². The smallest absolute Gasteiger partial charge is 0.00645 e. The Morgan fingerprint density at radius 3 is 2.28 bits per heavy atom. The summed E-state index contributed by atoms with van der Waals surface area (Å²) in [5.74, 6) is 1.43. The van der Waals surface area contributed by atoms with Gasteiger partial charge in [-0.2, -0.15) is 0 Å². The molecule has 96 valence electrons. The van der Waals surface area contributed by atoms with E-state index in [-0.39, 0.29) is 0 Å². The molecule has 1 atom stereocenters. The number of fused-ring (bicyclic) bond motifs is 1. The van der Waals surface area contributed by atoms with Gasteiger partial charge >= 0.3 is 0 Å². The van der Waals surface area contributed by atoms with Crippen molar-refractivity contribution in [3.05, 3.63) is 47.5 Å². The largest absolute Gasteiger partial charge is 0.0857 e. The summed E-state index contributed by atoms with van der Waals surface area (Å²) in [5, 5.41) is 2.86. The molecule has 0 bridgehead atoms. The molecule has 0 heterocycles. The van der Waals surface area contributed by atoms with Crippen LogP contribution in [0.1, 0.15) is 37.3 Å². The van der Waals surface area contributed by atoms with Crippen LogP contribution in [0.4, 0.5) is 0 Å². The SMILES string of the molecule is Cc1ccc(C(CI)CC(C)C)c2ccccc12. The molecule has 0 fully saturated rings. The van der Waals surface area contributed by atoms with Gasteiger partial charge in [0.15, 0.2) is 0 Å². The van der Waals surface area contributed by atoms with Gasteiger partial charge in [-0.05, 0) is 47.1 Å². The second-order valence-electron chi connectivity index (χ2n) is 5.50. The minimum Gasteiger partial charge on any atom is -0.0857 e. The Hall–Kier alpha value is -0.570. The lowest BCUT2D eigenvalue weighted by molar-refractivity contribution is 0.533. The topological polar surface area (TPSA) is 0 Å². The lowest BCUT2D eigenvalue weighted by Crippen LogP contribution is -2.05. The highest BCUT2D eigenvalue weighted by molar-refractivity contribution is 14.1. The van der Waals surface area contributed by atoms with E-state index in [0.717, 1.165) is 5.92 Å². The number of rotatable bonds is 4. The van der Waals surface area contributed by atoms with Gasteiger partial charge in [0.2, 0.25) is 0 Å². The van der Waals surface area contributed by atoms with Crippen LogP contribution in [0.2, 0.25) is 0 Å². The molecule has 0 N–H and O–H groups in total. The molecule has 2 aromatic carbocycles. The van der Waals surface area contributed by atoms with E-state index < -0.39 is 0 Å². The summed E-state index contributed by atoms with van der Waals surface area (Å²) in [5.41, 5.74) is 2.91. The molecule has 0 aliphatic carbocycles. The Bertz CT molecular complexity index is 528. The first-order chi connectivity index (χ1) is 8.63. The third-order valence-corrected chi connectivity index (χ3v) is 4.62. The van der Waals surface area contributed by atoms with Crippen LogP contribution < -0.4 is 0 Å². The van der Waals surface area contributed by atoms with Crippen molar-refractivity contribution in [2.45, 2.75) is 33.1 Å². The van der Waals surface area contributed by atoms with Crippen molar-refractivity contribution in [3.63, 3.8) is 0 Å². The summed E-state index contributed by atoms with van der Waals surface area (Å²) < 4.78 is 1.20. The van der Waals surface area contributed by atoms with E-state index in [1.165, 1.54) is 32.7 Å². The Kier molecular flexibility index (Phi) is 4.66. The lowest BCUT2D eigenvalue weighted by atomic mass is 9.87. The summed E-state index contributed by atoms with van der Waals surface area (Å²) in [6.45, 7) is 6.83. The number of halogens is 1. The molecule has 0 nitrogen and oxygen atoms in total. The molecule has 0 aromatic heterocycles. The fourth-order valence-corrected chi connectivity index (χ4v) is 3.51. The van der Waals surface area contributed by atoms with Crippen LogP contribution in [0.5, 0.6) is 0 Å². The molecule has 0 spiro atoms. The molecular formula is C17H21I. The molecule has 0 aliphatic rings. The van der Waals surface area contributed by atoms with Crippen LogP contribution in [0, 0.1) is 12.8 Å². The number of hydrogen-bond donors (Lipinski definition) is 0. The summed E-state index contributed by atoms with van der Waals surface area (Å²) >= 11 is 2.53. The summed E-state index contributed by atoms with van der Waals surface area (Å²) in [6, 6.07) is 13.4.